The largest absolute Gasteiger partial charge is 0.395 e. The number of hydrogen-bond donors (Lipinski definition) is 2. The van der Waals surface area contributed by atoms with E-state index in [2.05, 4.69) is 39.1 Å². The van der Waals surface area contributed by atoms with Crippen LogP contribution in [0.1, 0.15) is 51.3 Å². The molecule has 0 aliphatic rings. The standard InChI is InChI=1S/C16H24N2O/c1-12(14-7-5-13(10-17)6-8-14)18-15(11-19)9-16(2,3)4/h5-8,12,15,18-19H,9,11H2,1-4H3. The summed E-state index contributed by atoms with van der Waals surface area (Å²) in [7, 11) is 0. The molecule has 0 amide bonds. The first-order valence-corrected chi connectivity index (χ1v) is 6.72. The van der Waals surface area contributed by atoms with Crippen LogP contribution < -0.4 is 5.32 Å². The maximum absolute atomic E-state index is 9.46. The van der Waals surface area contributed by atoms with Gasteiger partial charge in [0.05, 0.1) is 18.2 Å². The minimum atomic E-state index is 0.0886. The van der Waals surface area contributed by atoms with Crippen LogP contribution >= 0.6 is 0 Å². The summed E-state index contributed by atoms with van der Waals surface area (Å²) in [5.41, 5.74) is 1.99. The van der Waals surface area contributed by atoms with Crippen molar-refractivity contribution < 1.29 is 5.11 Å². The number of benzene rings is 1. The Morgan fingerprint density at radius 3 is 2.26 bits per heavy atom. The highest BCUT2D eigenvalue weighted by molar-refractivity contribution is 5.32. The van der Waals surface area contributed by atoms with Crippen LogP contribution in [0.25, 0.3) is 0 Å². The van der Waals surface area contributed by atoms with E-state index in [1.165, 1.54) is 0 Å². The lowest BCUT2D eigenvalue weighted by Crippen LogP contribution is -2.37. The van der Waals surface area contributed by atoms with E-state index in [4.69, 9.17) is 5.26 Å². The molecule has 3 heteroatoms. The van der Waals surface area contributed by atoms with Crippen LogP contribution in [0, 0.1) is 16.7 Å². The van der Waals surface area contributed by atoms with Crippen molar-refractivity contribution in [3.63, 3.8) is 0 Å². The molecule has 0 aliphatic carbocycles. The molecule has 19 heavy (non-hydrogen) atoms. The Hall–Kier alpha value is -1.37. The Labute approximate surface area is 116 Å². The van der Waals surface area contributed by atoms with Gasteiger partial charge in [-0.2, -0.15) is 5.26 Å². The fourth-order valence-corrected chi connectivity index (χ4v) is 2.21. The predicted octanol–water partition coefficient (Wildman–Crippen LogP) is 3.01. The minimum Gasteiger partial charge on any atom is -0.395 e. The van der Waals surface area contributed by atoms with E-state index in [0.29, 0.717) is 5.56 Å². The summed E-state index contributed by atoms with van der Waals surface area (Å²) < 4.78 is 0. The van der Waals surface area contributed by atoms with Crippen molar-refractivity contribution >= 4 is 0 Å². The van der Waals surface area contributed by atoms with Crippen LogP contribution in [-0.2, 0) is 0 Å². The molecule has 1 rings (SSSR count). The van der Waals surface area contributed by atoms with E-state index >= 15 is 0 Å². The van der Waals surface area contributed by atoms with Crippen molar-refractivity contribution in [2.45, 2.75) is 46.2 Å². The molecule has 0 radical (unpaired) electrons. The van der Waals surface area contributed by atoms with Gasteiger partial charge < -0.3 is 10.4 Å². The third kappa shape index (κ3) is 5.42. The molecule has 2 atom stereocenters. The van der Waals surface area contributed by atoms with Crippen molar-refractivity contribution in [3.8, 4) is 6.07 Å². The summed E-state index contributed by atoms with van der Waals surface area (Å²) in [6, 6.07) is 9.93. The number of aliphatic hydroxyl groups is 1. The van der Waals surface area contributed by atoms with E-state index in [9.17, 15) is 5.11 Å². The van der Waals surface area contributed by atoms with Crippen LogP contribution in [0.4, 0.5) is 0 Å². The van der Waals surface area contributed by atoms with E-state index < -0.39 is 0 Å². The third-order valence-corrected chi connectivity index (χ3v) is 3.10. The predicted molar refractivity (Wildman–Crippen MR) is 77.7 cm³/mol. The van der Waals surface area contributed by atoms with Gasteiger partial charge in [-0.05, 0) is 36.5 Å². The molecular formula is C16H24N2O. The summed E-state index contributed by atoms with van der Waals surface area (Å²) in [6.07, 6.45) is 0.921. The SMILES string of the molecule is CC(NC(CO)CC(C)(C)C)c1ccc(C#N)cc1. The van der Waals surface area contributed by atoms with Crippen molar-refractivity contribution in [3.05, 3.63) is 35.4 Å². The molecule has 1 aromatic carbocycles. The Morgan fingerprint density at radius 1 is 1.26 bits per heavy atom. The zero-order chi connectivity index (χ0) is 14.5. The van der Waals surface area contributed by atoms with Gasteiger partial charge in [-0.1, -0.05) is 32.9 Å². The molecular weight excluding hydrogens is 236 g/mol. The molecule has 0 bridgehead atoms. The molecule has 0 spiro atoms. The zero-order valence-corrected chi connectivity index (χ0v) is 12.3. The molecule has 1 aromatic rings. The van der Waals surface area contributed by atoms with Gasteiger partial charge in [0.25, 0.3) is 0 Å². The fourth-order valence-electron chi connectivity index (χ4n) is 2.21. The van der Waals surface area contributed by atoms with Crippen molar-refractivity contribution in [2.24, 2.45) is 5.41 Å². The van der Waals surface area contributed by atoms with Gasteiger partial charge in [0.1, 0.15) is 0 Å². The lowest BCUT2D eigenvalue weighted by molar-refractivity contribution is 0.190. The van der Waals surface area contributed by atoms with Gasteiger partial charge in [0, 0.05) is 12.1 Å². The molecule has 0 fully saturated rings. The van der Waals surface area contributed by atoms with Crippen LogP contribution in [0.15, 0.2) is 24.3 Å². The lowest BCUT2D eigenvalue weighted by atomic mass is 9.88. The van der Waals surface area contributed by atoms with Crippen LogP contribution in [-0.4, -0.2) is 17.8 Å². The first kappa shape index (κ1) is 15.7. The number of nitriles is 1. The second-order valence-corrected chi connectivity index (χ2v) is 6.27. The van der Waals surface area contributed by atoms with Crippen molar-refractivity contribution in [1.29, 1.82) is 5.26 Å². The molecule has 2 N–H and O–H groups in total. The molecule has 0 heterocycles. The average Bonchev–Trinajstić information content (AvgIpc) is 2.36. The molecule has 2 unspecified atom stereocenters. The Morgan fingerprint density at radius 2 is 1.84 bits per heavy atom. The van der Waals surface area contributed by atoms with Crippen molar-refractivity contribution in [2.75, 3.05) is 6.61 Å². The average molecular weight is 260 g/mol. The first-order valence-electron chi connectivity index (χ1n) is 6.72. The fraction of sp³-hybridized carbons (Fsp3) is 0.562. The summed E-state index contributed by atoms with van der Waals surface area (Å²) in [4.78, 5) is 0. The summed E-state index contributed by atoms with van der Waals surface area (Å²) in [5.74, 6) is 0. The molecule has 0 aromatic heterocycles. The van der Waals surface area contributed by atoms with Gasteiger partial charge >= 0.3 is 0 Å². The summed E-state index contributed by atoms with van der Waals surface area (Å²) in [5, 5.41) is 21.7. The van der Waals surface area contributed by atoms with E-state index in [1.807, 2.05) is 24.3 Å². The monoisotopic (exact) mass is 260 g/mol. The van der Waals surface area contributed by atoms with Gasteiger partial charge in [-0.15, -0.1) is 0 Å². The smallest absolute Gasteiger partial charge is 0.0991 e. The van der Waals surface area contributed by atoms with E-state index in [-0.39, 0.29) is 24.1 Å². The Balaban J connectivity index is 2.66. The number of nitrogens with zero attached hydrogens (tertiary/aromatic N) is 1. The normalized spacial score (nSPS) is 14.7. The third-order valence-electron chi connectivity index (χ3n) is 3.10. The maximum Gasteiger partial charge on any atom is 0.0991 e. The van der Waals surface area contributed by atoms with Gasteiger partial charge in [0.15, 0.2) is 0 Å². The van der Waals surface area contributed by atoms with E-state index in [1.54, 1.807) is 0 Å². The van der Waals surface area contributed by atoms with Gasteiger partial charge in [0.2, 0.25) is 0 Å². The topological polar surface area (TPSA) is 56.0 Å². The van der Waals surface area contributed by atoms with Crippen LogP contribution in [0.2, 0.25) is 0 Å². The quantitative estimate of drug-likeness (QED) is 0.855. The van der Waals surface area contributed by atoms with E-state index in [0.717, 1.165) is 12.0 Å². The number of hydrogen-bond acceptors (Lipinski definition) is 3. The second-order valence-electron chi connectivity index (χ2n) is 6.27. The highest BCUT2D eigenvalue weighted by atomic mass is 16.3. The Bertz CT molecular complexity index is 426. The summed E-state index contributed by atoms with van der Waals surface area (Å²) in [6.45, 7) is 8.72. The van der Waals surface area contributed by atoms with Crippen LogP contribution in [0.5, 0.6) is 0 Å². The minimum absolute atomic E-state index is 0.0886. The number of nitrogens with one attached hydrogen (secondary N) is 1. The first-order chi connectivity index (χ1) is 8.85. The zero-order valence-electron chi connectivity index (χ0n) is 12.3. The second kappa shape index (κ2) is 6.70. The lowest BCUT2D eigenvalue weighted by Gasteiger charge is -2.28. The Kier molecular flexibility index (Phi) is 5.53. The summed E-state index contributed by atoms with van der Waals surface area (Å²) >= 11 is 0. The molecule has 0 saturated heterocycles. The molecule has 104 valence electrons. The van der Waals surface area contributed by atoms with Crippen LogP contribution in [0.3, 0.4) is 0 Å². The molecule has 0 aliphatic heterocycles. The highest BCUT2D eigenvalue weighted by Gasteiger charge is 2.19. The molecule has 3 nitrogen and oxygen atoms in total. The molecule has 0 saturated carbocycles. The number of aliphatic hydroxyl groups excluding tert-OH is 1. The van der Waals surface area contributed by atoms with Gasteiger partial charge in [-0.25, -0.2) is 0 Å². The highest BCUT2D eigenvalue weighted by Crippen LogP contribution is 2.22. The maximum atomic E-state index is 9.46. The van der Waals surface area contributed by atoms with Gasteiger partial charge in [-0.3, -0.25) is 0 Å². The van der Waals surface area contributed by atoms with Crippen molar-refractivity contribution in [1.82, 2.24) is 5.32 Å². The number of rotatable bonds is 5.